The van der Waals surface area contributed by atoms with Crippen molar-refractivity contribution in [3.8, 4) is 0 Å². The smallest absolute Gasteiger partial charge is 1.00 e. The molecular weight excluding hydrogens is 129 g/mol. The van der Waals surface area contributed by atoms with E-state index in [1.807, 2.05) is 0 Å². The molecular formula is H7AlLiO4P. The van der Waals surface area contributed by atoms with E-state index in [2.05, 4.69) is 0 Å². The Balaban J connectivity index is -0.0000000267. The first-order valence-corrected chi connectivity index (χ1v) is 2.35. The number of hydrogen-bond acceptors (Lipinski definition) is 1. The minimum atomic E-state index is -4.64. The van der Waals surface area contributed by atoms with Gasteiger partial charge in [0.2, 0.25) is 0 Å². The van der Waals surface area contributed by atoms with Crippen molar-refractivity contribution < 1.29 is 39.5 Å². The predicted molar refractivity (Wildman–Crippen MR) is 25.3 cm³/mol. The minimum absolute atomic E-state index is 0. The summed E-state index contributed by atoms with van der Waals surface area (Å²) in [6.45, 7) is 0. The second kappa shape index (κ2) is 5.38. The van der Waals surface area contributed by atoms with Gasteiger partial charge >= 0.3 is 26.7 Å². The maximum absolute atomic E-state index is 8.88. The minimum Gasteiger partial charge on any atom is -1.00 e. The Morgan fingerprint density at radius 2 is 1.29 bits per heavy atom. The third kappa shape index (κ3) is 129. The molecule has 0 fully saturated rings. The van der Waals surface area contributed by atoms with Crippen LogP contribution in [0.2, 0.25) is 0 Å². The van der Waals surface area contributed by atoms with Gasteiger partial charge in [-0.1, -0.05) is 0 Å². The quantitative estimate of drug-likeness (QED) is 0.230. The van der Waals surface area contributed by atoms with E-state index in [0.717, 1.165) is 0 Å². The van der Waals surface area contributed by atoms with Crippen molar-refractivity contribution in [2.45, 2.75) is 0 Å². The van der Waals surface area contributed by atoms with E-state index < -0.39 is 7.82 Å². The number of phosphoric acid groups is 1. The second-order valence-electron chi connectivity index (χ2n) is 0.513. The summed E-state index contributed by atoms with van der Waals surface area (Å²) in [5, 5.41) is 0. The first-order chi connectivity index (χ1) is 2.00. The third-order valence-corrected chi connectivity index (χ3v) is 0. The van der Waals surface area contributed by atoms with Gasteiger partial charge in [-0.2, -0.15) is 0 Å². The van der Waals surface area contributed by atoms with Crippen molar-refractivity contribution in [2.24, 2.45) is 0 Å². The molecule has 0 radical (unpaired) electrons. The van der Waals surface area contributed by atoms with Gasteiger partial charge in [0.25, 0.3) is 0 Å². The van der Waals surface area contributed by atoms with E-state index >= 15 is 0 Å². The van der Waals surface area contributed by atoms with Crippen LogP contribution >= 0.6 is 7.82 Å². The van der Waals surface area contributed by atoms with Crippen LogP contribution in [0.25, 0.3) is 0 Å². The van der Waals surface area contributed by atoms with E-state index in [-0.39, 0.29) is 37.6 Å². The van der Waals surface area contributed by atoms with Gasteiger partial charge in [-0.3, -0.25) is 0 Å². The molecule has 0 saturated carbocycles. The number of hydrogen-bond donors (Lipinski definition) is 3. The Morgan fingerprint density at radius 3 is 1.29 bits per heavy atom. The van der Waals surface area contributed by atoms with E-state index in [0.29, 0.717) is 0 Å². The zero-order valence-corrected chi connectivity index (χ0v) is 4.09. The largest absolute Gasteiger partial charge is 1.00 e. The first kappa shape index (κ1) is 15.7. The number of rotatable bonds is 0. The van der Waals surface area contributed by atoms with Gasteiger partial charge in [0, 0.05) is 0 Å². The molecule has 0 atom stereocenters. The maximum atomic E-state index is 8.88. The van der Waals surface area contributed by atoms with Crippen molar-refractivity contribution in [1.82, 2.24) is 0 Å². The average molecular weight is 136 g/mol. The molecule has 0 aromatic rings. The second-order valence-corrected chi connectivity index (χ2v) is 1.54. The summed E-state index contributed by atoms with van der Waals surface area (Å²) < 4.78 is 8.88. The van der Waals surface area contributed by atoms with Crippen LogP contribution in [-0.4, -0.2) is 32.0 Å². The van der Waals surface area contributed by atoms with Crippen molar-refractivity contribution in [3.63, 3.8) is 0 Å². The molecule has 3 N–H and O–H groups in total. The summed E-state index contributed by atoms with van der Waals surface area (Å²) in [6.07, 6.45) is 0. The van der Waals surface area contributed by atoms with Crippen LogP contribution in [0.5, 0.6) is 0 Å². The van der Waals surface area contributed by atoms with Crippen molar-refractivity contribution in [1.29, 1.82) is 0 Å². The molecule has 0 rings (SSSR count). The summed E-state index contributed by atoms with van der Waals surface area (Å²) in [7, 11) is -4.64. The fourth-order valence-corrected chi connectivity index (χ4v) is 0. The molecule has 0 aliphatic carbocycles. The fraction of sp³-hybridized carbons (Fsp3) is 0. The Morgan fingerprint density at radius 1 is 1.29 bits per heavy atom. The molecule has 0 aromatic carbocycles. The molecule has 40 valence electrons. The zero-order chi connectivity index (χ0) is 4.50. The summed E-state index contributed by atoms with van der Waals surface area (Å²) in [4.78, 5) is 21.6. The van der Waals surface area contributed by atoms with Gasteiger partial charge < -0.3 is 16.1 Å². The Hall–Kier alpha value is 1.24. The molecule has 0 saturated heterocycles. The summed E-state index contributed by atoms with van der Waals surface area (Å²) in [5.41, 5.74) is 0. The average Bonchev–Trinajstić information content (AvgIpc) is 0.722. The van der Waals surface area contributed by atoms with Crippen LogP contribution in [0.4, 0.5) is 0 Å². The van der Waals surface area contributed by atoms with Crippen LogP contribution in [0, 0.1) is 0 Å². The molecule has 0 bridgehead atoms. The molecule has 0 unspecified atom stereocenters. The molecule has 0 aromatic heterocycles. The first-order valence-electron chi connectivity index (χ1n) is 0.783. The summed E-state index contributed by atoms with van der Waals surface area (Å²) in [6, 6.07) is 0. The van der Waals surface area contributed by atoms with E-state index in [4.69, 9.17) is 19.2 Å². The van der Waals surface area contributed by atoms with Gasteiger partial charge in [-0.25, -0.2) is 4.57 Å². The van der Waals surface area contributed by atoms with Gasteiger partial charge in [0.05, 0.1) is 0 Å². The predicted octanol–water partition coefficient (Wildman–Crippen LogP) is -5.00. The van der Waals surface area contributed by atoms with Crippen molar-refractivity contribution >= 4 is 25.2 Å². The van der Waals surface area contributed by atoms with Crippen LogP contribution in [0.3, 0.4) is 0 Å². The van der Waals surface area contributed by atoms with E-state index in [1.165, 1.54) is 0 Å². The molecule has 7 heavy (non-hydrogen) atoms. The normalized spacial score (nSPS) is 8.43. The molecule has 0 heterocycles. The monoisotopic (exact) mass is 136 g/mol. The maximum Gasteiger partial charge on any atom is 1.00 e. The molecule has 0 aliphatic heterocycles. The SMILES string of the molecule is O=P(O)(O)O.[AlH3].[H-].[Li+]. The van der Waals surface area contributed by atoms with Gasteiger partial charge in [-0.15, -0.1) is 0 Å². The van der Waals surface area contributed by atoms with E-state index in [9.17, 15) is 0 Å². The Bertz CT molecular complexity index is 62.2. The molecule has 4 nitrogen and oxygen atoms in total. The van der Waals surface area contributed by atoms with Crippen LogP contribution in [0.1, 0.15) is 1.43 Å². The summed E-state index contributed by atoms with van der Waals surface area (Å²) >= 11 is 0. The van der Waals surface area contributed by atoms with Gasteiger partial charge in [0.15, 0.2) is 17.4 Å². The molecule has 0 spiro atoms. The summed E-state index contributed by atoms with van der Waals surface area (Å²) in [5.74, 6) is 0. The van der Waals surface area contributed by atoms with Gasteiger partial charge in [-0.05, 0) is 0 Å². The molecule has 0 amide bonds. The third-order valence-electron chi connectivity index (χ3n) is 0. The van der Waals surface area contributed by atoms with Crippen molar-refractivity contribution in [2.75, 3.05) is 0 Å². The van der Waals surface area contributed by atoms with E-state index in [1.54, 1.807) is 0 Å². The van der Waals surface area contributed by atoms with Gasteiger partial charge in [0.1, 0.15) is 0 Å². The molecule has 7 heteroatoms. The zero-order valence-electron chi connectivity index (χ0n) is 4.20. The Labute approximate surface area is 65.0 Å². The fourth-order valence-electron chi connectivity index (χ4n) is 0. The standard InChI is InChI=1S/Al.Li.H3O4P.4H/c;;1-5(2,3)4;;;;/h;;(H3,1,2,3,4);;;;/q;+1;;;;;-1. The Kier molecular flexibility index (Phi) is 12.1. The topological polar surface area (TPSA) is 77.8 Å². The van der Waals surface area contributed by atoms with Crippen LogP contribution < -0.4 is 18.9 Å². The molecule has 0 aliphatic rings. The van der Waals surface area contributed by atoms with Crippen LogP contribution in [0.15, 0.2) is 0 Å². The van der Waals surface area contributed by atoms with Crippen molar-refractivity contribution in [3.05, 3.63) is 0 Å². The van der Waals surface area contributed by atoms with Crippen LogP contribution in [-0.2, 0) is 4.57 Å².